The molecule has 1 heterocycles. The third-order valence-electron chi connectivity index (χ3n) is 1.05. The Bertz CT molecular complexity index is 160. The molecule has 9 heavy (non-hydrogen) atoms. The van der Waals surface area contributed by atoms with E-state index in [9.17, 15) is 0 Å². The molecule has 1 aromatic heterocycles. The third kappa shape index (κ3) is 1.82. The Morgan fingerprint density at radius 2 is 2.44 bits per heavy atom. The standard InChI is InChI=1S/C7H9N2/c1-8-6-7-4-2-3-5-9-7/h2-5H,6H2,1H3. The van der Waals surface area contributed by atoms with Crippen LogP contribution in [-0.2, 0) is 6.54 Å². The van der Waals surface area contributed by atoms with Crippen molar-refractivity contribution in [3.05, 3.63) is 30.1 Å². The van der Waals surface area contributed by atoms with Crippen LogP contribution in [0.15, 0.2) is 24.4 Å². The number of hydrogen-bond acceptors (Lipinski definition) is 1. The minimum Gasteiger partial charge on any atom is -0.260 e. The maximum atomic E-state index is 4.07. The van der Waals surface area contributed by atoms with Gasteiger partial charge in [0.15, 0.2) is 0 Å². The maximum Gasteiger partial charge on any atom is 0.0558 e. The van der Waals surface area contributed by atoms with Crippen LogP contribution in [0, 0.1) is 0 Å². The lowest BCUT2D eigenvalue weighted by Gasteiger charge is -1.93. The predicted molar refractivity (Wildman–Crippen MR) is 36.0 cm³/mol. The SMILES string of the molecule is C[N]Cc1ccccn1. The van der Waals surface area contributed by atoms with Crippen molar-refractivity contribution in [2.75, 3.05) is 7.05 Å². The smallest absolute Gasteiger partial charge is 0.0558 e. The van der Waals surface area contributed by atoms with Crippen molar-refractivity contribution in [1.29, 1.82) is 0 Å². The Kier molecular flexibility index (Phi) is 2.22. The quantitative estimate of drug-likeness (QED) is 0.569. The average molecular weight is 121 g/mol. The zero-order valence-electron chi connectivity index (χ0n) is 5.41. The summed E-state index contributed by atoms with van der Waals surface area (Å²) in [5.74, 6) is 0. The van der Waals surface area contributed by atoms with Crippen molar-refractivity contribution in [1.82, 2.24) is 10.3 Å². The molecule has 0 aliphatic heterocycles. The monoisotopic (exact) mass is 121 g/mol. The zero-order chi connectivity index (χ0) is 6.53. The van der Waals surface area contributed by atoms with Crippen molar-refractivity contribution in [2.45, 2.75) is 6.54 Å². The van der Waals surface area contributed by atoms with E-state index >= 15 is 0 Å². The lowest BCUT2D eigenvalue weighted by Crippen LogP contribution is -1.98. The summed E-state index contributed by atoms with van der Waals surface area (Å²) < 4.78 is 0. The molecule has 0 aromatic carbocycles. The summed E-state index contributed by atoms with van der Waals surface area (Å²) >= 11 is 0. The van der Waals surface area contributed by atoms with Crippen molar-refractivity contribution in [2.24, 2.45) is 0 Å². The lowest BCUT2D eigenvalue weighted by molar-refractivity contribution is 0.775. The second-order valence-corrected chi connectivity index (χ2v) is 1.80. The van der Waals surface area contributed by atoms with Gasteiger partial charge >= 0.3 is 0 Å². The van der Waals surface area contributed by atoms with Crippen LogP contribution in [0.1, 0.15) is 5.69 Å². The molecule has 47 valence electrons. The molecule has 0 saturated heterocycles. The molecular formula is C7H9N2. The molecule has 0 fully saturated rings. The average Bonchev–Trinajstić information content (AvgIpc) is 1.91. The van der Waals surface area contributed by atoms with Crippen LogP contribution in [0.5, 0.6) is 0 Å². The number of rotatable bonds is 2. The fourth-order valence-corrected chi connectivity index (χ4v) is 0.654. The first-order valence-corrected chi connectivity index (χ1v) is 2.89. The second-order valence-electron chi connectivity index (χ2n) is 1.80. The van der Waals surface area contributed by atoms with E-state index in [0.29, 0.717) is 0 Å². The van der Waals surface area contributed by atoms with E-state index in [1.54, 1.807) is 13.2 Å². The van der Waals surface area contributed by atoms with E-state index in [0.717, 1.165) is 12.2 Å². The molecule has 0 N–H and O–H groups in total. The number of pyridine rings is 1. The van der Waals surface area contributed by atoms with E-state index in [4.69, 9.17) is 0 Å². The highest BCUT2D eigenvalue weighted by atomic mass is 14.8. The van der Waals surface area contributed by atoms with Crippen molar-refractivity contribution >= 4 is 0 Å². The highest BCUT2D eigenvalue weighted by Crippen LogP contribution is 1.90. The number of nitrogens with zero attached hydrogens (tertiary/aromatic N) is 2. The van der Waals surface area contributed by atoms with E-state index in [2.05, 4.69) is 10.3 Å². The molecule has 1 radical (unpaired) electrons. The van der Waals surface area contributed by atoms with Crippen molar-refractivity contribution < 1.29 is 0 Å². The Morgan fingerprint density at radius 3 is 3.00 bits per heavy atom. The summed E-state index contributed by atoms with van der Waals surface area (Å²) in [7, 11) is 1.79. The lowest BCUT2D eigenvalue weighted by atomic mass is 10.3. The first-order chi connectivity index (χ1) is 4.43. The van der Waals surface area contributed by atoms with Crippen LogP contribution >= 0.6 is 0 Å². The van der Waals surface area contributed by atoms with Gasteiger partial charge < -0.3 is 0 Å². The van der Waals surface area contributed by atoms with Gasteiger partial charge in [-0.15, -0.1) is 0 Å². The molecule has 2 nitrogen and oxygen atoms in total. The maximum absolute atomic E-state index is 4.07. The molecule has 2 heteroatoms. The van der Waals surface area contributed by atoms with E-state index in [1.807, 2.05) is 18.2 Å². The summed E-state index contributed by atoms with van der Waals surface area (Å²) in [4.78, 5) is 4.07. The van der Waals surface area contributed by atoms with Crippen LogP contribution in [-0.4, -0.2) is 12.0 Å². The molecule has 1 aromatic rings. The molecule has 0 amide bonds. The minimum atomic E-state index is 0.723. The molecule has 0 unspecified atom stereocenters. The molecular weight excluding hydrogens is 112 g/mol. The van der Waals surface area contributed by atoms with Gasteiger partial charge in [0.2, 0.25) is 0 Å². The second kappa shape index (κ2) is 3.20. The summed E-state index contributed by atoms with van der Waals surface area (Å²) in [6, 6.07) is 5.83. The van der Waals surface area contributed by atoms with Gasteiger partial charge in [0.1, 0.15) is 0 Å². The van der Waals surface area contributed by atoms with Gasteiger partial charge in [-0.1, -0.05) is 6.07 Å². The van der Waals surface area contributed by atoms with E-state index in [-0.39, 0.29) is 0 Å². The van der Waals surface area contributed by atoms with Gasteiger partial charge in [0.05, 0.1) is 12.2 Å². The van der Waals surface area contributed by atoms with Gasteiger partial charge in [-0.3, -0.25) is 4.98 Å². The molecule has 0 atom stereocenters. The largest absolute Gasteiger partial charge is 0.260 e. The Balaban J connectivity index is 2.61. The first kappa shape index (κ1) is 6.23. The molecule has 0 bridgehead atoms. The molecule has 0 spiro atoms. The van der Waals surface area contributed by atoms with Crippen LogP contribution in [0.2, 0.25) is 0 Å². The zero-order valence-corrected chi connectivity index (χ0v) is 5.41. The fourth-order valence-electron chi connectivity index (χ4n) is 0.654. The van der Waals surface area contributed by atoms with Gasteiger partial charge in [-0.05, 0) is 12.1 Å². The molecule has 0 aliphatic carbocycles. The fraction of sp³-hybridized carbons (Fsp3) is 0.286. The first-order valence-electron chi connectivity index (χ1n) is 2.89. The summed E-state index contributed by atoms with van der Waals surface area (Å²) in [5, 5.41) is 3.94. The van der Waals surface area contributed by atoms with Crippen LogP contribution in [0.25, 0.3) is 0 Å². The number of aromatic nitrogens is 1. The Labute approximate surface area is 54.9 Å². The minimum absolute atomic E-state index is 0.723. The summed E-state index contributed by atoms with van der Waals surface area (Å²) in [6.45, 7) is 0.723. The van der Waals surface area contributed by atoms with E-state index in [1.165, 1.54) is 0 Å². The van der Waals surface area contributed by atoms with Gasteiger partial charge in [0, 0.05) is 13.2 Å². The summed E-state index contributed by atoms with van der Waals surface area (Å²) in [5.41, 5.74) is 1.03. The van der Waals surface area contributed by atoms with Crippen LogP contribution < -0.4 is 5.32 Å². The molecule has 0 saturated carbocycles. The Hall–Kier alpha value is -0.890. The third-order valence-corrected chi connectivity index (χ3v) is 1.05. The highest BCUT2D eigenvalue weighted by Gasteiger charge is 1.86. The van der Waals surface area contributed by atoms with Gasteiger partial charge in [0.25, 0.3) is 0 Å². The number of hydrogen-bond donors (Lipinski definition) is 0. The topological polar surface area (TPSA) is 27.0 Å². The molecule has 1 rings (SSSR count). The van der Waals surface area contributed by atoms with E-state index < -0.39 is 0 Å². The predicted octanol–water partition coefficient (Wildman–Crippen LogP) is 0.816. The highest BCUT2D eigenvalue weighted by molar-refractivity contribution is 5.02. The van der Waals surface area contributed by atoms with Crippen molar-refractivity contribution in [3.63, 3.8) is 0 Å². The molecule has 0 aliphatic rings. The van der Waals surface area contributed by atoms with Gasteiger partial charge in [-0.2, -0.15) is 0 Å². The normalized spacial score (nSPS) is 9.44. The van der Waals surface area contributed by atoms with Crippen molar-refractivity contribution in [3.8, 4) is 0 Å². The Morgan fingerprint density at radius 1 is 1.56 bits per heavy atom. The van der Waals surface area contributed by atoms with Crippen LogP contribution in [0.3, 0.4) is 0 Å². The summed E-state index contributed by atoms with van der Waals surface area (Å²) in [6.07, 6.45) is 1.78. The van der Waals surface area contributed by atoms with Gasteiger partial charge in [-0.25, -0.2) is 5.32 Å². The van der Waals surface area contributed by atoms with Crippen LogP contribution in [0.4, 0.5) is 0 Å².